The fraction of sp³-hybridized carbons (Fsp3) is 0.375. The van der Waals surface area contributed by atoms with E-state index in [0.717, 1.165) is 19.4 Å². The molecular formula is C16H18FN3OS. The number of thiazole rings is 1. The van der Waals surface area contributed by atoms with Gasteiger partial charge in [-0.15, -0.1) is 11.3 Å². The molecule has 0 saturated carbocycles. The quantitative estimate of drug-likeness (QED) is 0.913. The number of carbonyl (C=O) groups is 1. The van der Waals surface area contributed by atoms with Crippen molar-refractivity contribution >= 4 is 22.4 Å². The summed E-state index contributed by atoms with van der Waals surface area (Å²) in [7, 11) is 0. The van der Waals surface area contributed by atoms with Gasteiger partial charge in [0, 0.05) is 22.9 Å². The van der Waals surface area contributed by atoms with Crippen LogP contribution in [-0.2, 0) is 4.79 Å². The Morgan fingerprint density at radius 1 is 1.45 bits per heavy atom. The SMILES string of the molecule is C[C@H]1C[C@@H](C(=O)Nc2nc(-c3ccccc3F)cs2)CCN1. The van der Waals surface area contributed by atoms with Gasteiger partial charge in [-0.05, 0) is 38.4 Å². The van der Waals surface area contributed by atoms with E-state index in [9.17, 15) is 9.18 Å². The largest absolute Gasteiger partial charge is 0.314 e. The van der Waals surface area contributed by atoms with Gasteiger partial charge in [0.1, 0.15) is 5.82 Å². The molecule has 2 heterocycles. The zero-order chi connectivity index (χ0) is 15.5. The average molecular weight is 319 g/mol. The van der Waals surface area contributed by atoms with Crippen LogP contribution in [0.3, 0.4) is 0 Å². The minimum absolute atomic E-state index is 0.00258. The van der Waals surface area contributed by atoms with Gasteiger partial charge < -0.3 is 10.6 Å². The molecule has 2 aromatic rings. The number of benzene rings is 1. The number of hydrogen-bond acceptors (Lipinski definition) is 4. The van der Waals surface area contributed by atoms with Gasteiger partial charge in [-0.2, -0.15) is 0 Å². The Bertz CT molecular complexity index is 673. The first kappa shape index (κ1) is 15.1. The van der Waals surface area contributed by atoms with Crippen LogP contribution in [0.1, 0.15) is 19.8 Å². The molecule has 0 aliphatic carbocycles. The second-order valence-electron chi connectivity index (χ2n) is 5.58. The molecule has 0 unspecified atom stereocenters. The molecule has 1 aliphatic heterocycles. The molecule has 3 rings (SSSR count). The first-order valence-corrected chi connectivity index (χ1v) is 8.26. The molecular weight excluding hydrogens is 301 g/mol. The number of piperidine rings is 1. The molecule has 116 valence electrons. The lowest BCUT2D eigenvalue weighted by Crippen LogP contribution is -2.40. The van der Waals surface area contributed by atoms with Crippen LogP contribution in [0.4, 0.5) is 9.52 Å². The van der Waals surface area contributed by atoms with Crippen molar-refractivity contribution in [3.8, 4) is 11.3 Å². The van der Waals surface area contributed by atoms with Gasteiger partial charge in [0.25, 0.3) is 0 Å². The van der Waals surface area contributed by atoms with Crippen molar-refractivity contribution in [1.29, 1.82) is 0 Å². The minimum Gasteiger partial charge on any atom is -0.314 e. The Morgan fingerprint density at radius 2 is 2.27 bits per heavy atom. The van der Waals surface area contributed by atoms with Crippen molar-refractivity contribution < 1.29 is 9.18 Å². The zero-order valence-electron chi connectivity index (χ0n) is 12.3. The summed E-state index contributed by atoms with van der Waals surface area (Å²) in [5.74, 6) is -0.294. The van der Waals surface area contributed by atoms with Gasteiger partial charge in [-0.1, -0.05) is 12.1 Å². The van der Waals surface area contributed by atoms with Crippen molar-refractivity contribution in [1.82, 2.24) is 10.3 Å². The van der Waals surface area contributed by atoms with Crippen LogP contribution in [0.5, 0.6) is 0 Å². The highest BCUT2D eigenvalue weighted by atomic mass is 32.1. The average Bonchev–Trinajstić information content (AvgIpc) is 2.96. The topological polar surface area (TPSA) is 54.0 Å². The number of rotatable bonds is 3. The van der Waals surface area contributed by atoms with Gasteiger partial charge in [0.05, 0.1) is 5.69 Å². The summed E-state index contributed by atoms with van der Waals surface area (Å²) in [4.78, 5) is 16.6. The Morgan fingerprint density at radius 3 is 3.05 bits per heavy atom. The second kappa shape index (κ2) is 6.54. The van der Waals surface area contributed by atoms with Gasteiger partial charge in [0.15, 0.2) is 5.13 Å². The van der Waals surface area contributed by atoms with E-state index in [2.05, 4.69) is 22.5 Å². The number of halogens is 1. The van der Waals surface area contributed by atoms with Gasteiger partial charge in [-0.25, -0.2) is 9.37 Å². The van der Waals surface area contributed by atoms with Crippen LogP contribution in [0.15, 0.2) is 29.6 Å². The second-order valence-corrected chi connectivity index (χ2v) is 6.44. The lowest BCUT2D eigenvalue weighted by molar-refractivity contribution is -0.120. The fourth-order valence-corrected chi connectivity index (χ4v) is 3.41. The third kappa shape index (κ3) is 3.34. The highest BCUT2D eigenvalue weighted by Gasteiger charge is 2.25. The number of carbonyl (C=O) groups excluding carboxylic acids is 1. The predicted molar refractivity (Wildman–Crippen MR) is 86.3 cm³/mol. The van der Waals surface area contributed by atoms with E-state index in [1.807, 2.05) is 0 Å². The summed E-state index contributed by atoms with van der Waals surface area (Å²) in [6.45, 7) is 2.94. The lowest BCUT2D eigenvalue weighted by atomic mass is 9.92. The molecule has 6 heteroatoms. The summed E-state index contributed by atoms with van der Waals surface area (Å²) in [5, 5.41) is 8.47. The molecule has 1 fully saturated rings. The maximum absolute atomic E-state index is 13.8. The van der Waals surface area contributed by atoms with E-state index < -0.39 is 0 Å². The Kier molecular flexibility index (Phi) is 4.49. The van der Waals surface area contributed by atoms with E-state index in [4.69, 9.17) is 0 Å². The monoisotopic (exact) mass is 319 g/mol. The van der Waals surface area contributed by atoms with Crippen LogP contribution < -0.4 is 10.6 Å². The number of anilines is 1. The summed E-state index contributed by atoms with van der Waals surface area (Å²) in [6, 6.07) is 6.86. The van der Waals surface area contributed by atoms with Crippen molar-refractivity contribution in [2.75, 3.05) is 11.9 Å². The molecule has 1 aliphatic rings. The summed E-state index contributed by atoms with van der Waals surface area (Å²) >= 11 is 1.32. The molecule has 1 amide bonds. The van der Waals surface area contributed by atoms with Crippen LogP contribution in [0.25, 0.3) is 11.3 Å². The third-order valence-corrected chi connectivity index (χ3v) is 4.64. The molecule has 1 saturated heterocycles. The summed E-state index contributed by atoms with van der Waals surface area (Å²) in [6.07, 6.45) is 1.67. The van der Waals surface area contributed by atoms with E-state index >= 15 is 0 Å². The van der Waals surface area contributed by atoms with E-state index in [-0.39, 0.29) is 17.6 Å². The maximum Gasteiger partial charge on any atom is 0.229 e. The first-order valence-electron chi connectivity index (χ1n) is 7.38. The Labute approximate surface area is 132 Å². The molecule has 22 heavy (non-hydrogen) atoms. The molecule has 0 spiro atoms. The van der Waals surface area contributed by atoms with Crippen LogP contribution in [-0.4, -0.2) is 23.5 Å². The van der Waals surface area contributed by atoms with Crippen molar-refractivity contribution in [2.45, 2.75) is 25.8 Å². The Balaban J connectivity index is 1.69. The number of aromatic nitrogens is 1. The minimum atomic E-state index is -0.308. The summed E-state index contributed by atoms with van der Waals surface area (Å²) < 4.78 is 13.8. The molecule has 0 bridgehead atoms. The number of nitrogens with one attached hydrogen (secondary N) is 2. The van der Waals surface area contributed by atoms with Gasteiger partial charge >= 0.3 is 0 Å². The van der Waals surface area contributed by atoms with E-state index in [1.54, 1.807) is 23.6 Å². The van der Waals surface area contributed by atoms with Gasteiger partial charge in [0.2, 0.25) is 5.91 Å². The summed E-state index contributed by atoms with van der Waals surface area (Å²) in [5.41, 5.74) is 1.01. The number of nitrogens with zero attached hydrogens (tertiary/aromatic N) is 1. The lowest BCUT2D eigenvalue weighted by Gasteiger charge is -2.26. The molecule has 1 aromatic heterocycles. The molecule has 2 N–H and O–H groups in total. The third-order valence-electron chi connectivity index (χ3n) is 3.88. The van der Waals surface area contributed by atoms with Crippen LogP contribution in [0.2, 0.25) is 0 Å². The molecule has 4 nitrogen and oxygen atoms in total. The first-order chi connectivity index (χ1) is 10.6. The fourth-order valence-electron chi connectivity index (χ4n) is 2.70. The predicted octanol–water partition coefficient (Wildman–Crippen LogP) is 3.28. The van der Waals surface area contributed by atoms with Crippen molar-refractivity contribution in [3.05, 3.63) is 35.5 Å². The standard InChI is InChI=1S/C16H18FN3OS/c1-10-8-11(6-7-18-10)15(21)20-16-19-14(9-22-16)12-4-2-3-5-13(12)17/h2-5,9-11,18H,6-8H2,1H3,(H,19,20,21)/t10-,11-/m0/s1. The number of hydrogen-bond donors (Lipinski definition) is 2. The highest BCUT2D eigenvalue weighted by Crippen LogP contribution is 2.27. The van der Waals surface area contributed by atoms with Crippen LogP contribution >= 0.6 is 11.3 Å². The van der Waals surface area contributed by atoms with Crippen molar-refractivity contribution in [2.24, 2.45) is 5.92 Å². The molecule has 1 aromatic carbocycles. The van der Waals surface area contributed by atoms with E-state index in [1.165, 1.54) is 17.4 Å². The Hall–Kier alpha value is -1.79. The number of amides is 1. The molecule has 0 radical (unpaired) electrons. The van der Waals surface area contributed by atoms with E-state index in [0.29, 0.717) is 22.4 Å². The highest BCUT2D eigenvalue weighted by molar-refractivity contribution is 7.14. The smallest absolute Gasteiger partial charge is 0.229 e. The zero-order valence-corrected chi connectivity index (χ0v) is 13.1. The van der Waals surface area contributed by atoms with Gasteiger partial charge in [-0.3, -0.25) is 4.79 Å². The van der Waals surface area contributed by atoms with Crippen LogP contribution in [0, 0.1) is 11.7 Å². The normalized spacial score (nSPS) is 21.5. The van der Waals surface area contributed by atoms with Crippen molar-refractivity contribution in [3.63, 3.8) is 0 Å². The maximum atomic E-state index is 13.8. The molecule has 2 atom stereocenters.